The van der Waals surface area contributed by atoms with Crippen LogP contribution in [0.4, 0.5) is 11.4 Å². The topological polar surface area (TPSA) is 44.6 Å². The summed E-state index contributed by atoms with van der Waals surface area (Å²) in [5.41, 5.74) is 6.85. The number of hydrogen-bond acceptors (Lipinski definition) is 2. The number of para-hydroxylation sites is 1. The van der Waals surface area contributed by atoms with Gasteiger partial charge in [-0.15, -0.1) is 0 Å². The zero-order valence-electron chi connectivity index (χ0n) is 15.7. The number of aromatic hydroxyl groups is 1. The first-order valence-electron chi connectivity index (χ1n) is 8.73. The lowest BCUT2D eigenvalue weighted by Gasteiger charge is -2.14. The Labute approximate surface area is 155 Å². The molecule has 0 radical (unpaired) electrons. The molecule has 0 heterocycles. The molecule has 0 atom stereocenters. The van der Waals surface area contributed by atoms with Gasteiger partial charge in [-0.25, -0.2) is 4.99 Å². The van der Waals surface area contributed by atoms with Gasteiger partial charge < -0.3 is 10.4 Å². The highest BCUT2D eigenvalue weighted by molar-refractivity contribution is 6.09. The predicted octanol–water partition coefficient (Wildman–Crippen LogP) is 5.82. The number of anilines is 1. The van der Waals surface area contributed by atoms with E-state index in [1.165, 1.54) is 0 Å². The van der Waals surface area contributed by atoms with E-state index < -0.39 is 0 Å². The second kappa shape index (κ2) is 7.44. The average Bonchev–Trinajstić information content (AvgIpc) is 2.62. The van der Waals surface area contributed by atoms with Crippen LogP contribution in [-0.2, 0) is 0 Å². The first-order chi connectivity index (χ1) is 12.5. The van der Waals surface area contributed by atoms with E-state index >= 15 is 0 Å². The molecule has 3 rings (SSSR count). The van der Waals surface area contributed by atoms with Crippen molar-refractivity contribution in [3.63, 3.8) is 0 Å². The molecule has 0 saturated carbocycles. The molecule has 0 unspecified atom stereocenters. The number of nitrogens with one attached hydrogen (secondary N) is 1. The summed E-state index contributed by atoms with van der Waals surface area (Å²) in [6, 6.07) is 20.2. The fraction of sp³-hybridized carbons (Fsp3) is 0.174. The van der Waals surface area contributed by atoms with Crippen molar-refractivity contribution < 1.29 is 5.11 Å². The number of phenolic OH excluding ortho intramolecular Hbond substituents is 1. The summed E-state index contributed by atoms with van der Waals surface area (Å²) in [6.45, 7) is 7.95. The number of amidine groups is 1. The van der Waals surface area contributed by atoms with Gasteiger partial charge in [0.15, 0.2) is 0 Å². The summed E-state index contributed by atoms with van der Waals surface area (Å²) >= 11 is 0. The molecule has 0 fully saturated rings. The minimum atomic E-state index is 0.337. The van der Waals surface area contributed by atoms with Gasteiger partial charge in [-0.3, -0.25) is 0 Å². The van der Waals surface area contributed by atoms with Gasteiger partial charge in [-0.1, -0.05) is 48.5 Å². The van der Waals surface area contributed by atoms with Crippen LogP contribution in [-0.4, -0.2) is 10.9 Å². The summed E-state index contributed by atoms with van der Waals surface area (Å²) in [4.78, 5) is 4.95. The zero-order chi connectivity index (χ0) is 18.7. The third-order valence-electron chi connectivity index (χ3n) is 4.46. The highest BCUT2D eigenvalue weighted by Crippen LogP contribution is 2.28. The van der Waals surface area contributed by atoms with Crippen LogP contribution in [0, 0.1) is 27.7 Å². The number of hydrogen-bond donors (Lipinski definition) is 2. The van der Waals surface area contributed by atoms with Gasteiger partial charge in [0.2, 0.25) is 0 Å². The summed E-state index contributed by atoms with van der Waals surface area (Å²) in [6.07, 6.45) is 0. The van der Waals surface area contributed by atoms with Crippen LogP contribution in [0.25, 0.3) is 0 Å². The van der Waals surface area contributed by atoms with Gasteiger partial charge in [-0.2, -0.15) is 0 Å². The van der Waals surface area contributed by atoms with Crippen molar-refractivity contribution in [3.8, 4) is 5.75 Å². The van der Waals surface area contributed by atoms with Crippen LogP contribution in [0.5, 0.6) is 5.75 Å². The number of rotatable bonds is 3. The molecular weight excluding hydrogens is 320 g/mol. The third kappa shape index (κ3) is 3.77. The number of benzene rings is 3. The second-order valence-electron chi connectivity index (χ2n) is 6.65. The lowest BCUT2D eigenvalue weighted by atomic mass is 10.1. The molecule has 0 saturated heterocycles. The molecule has 0 aromatic heterocycles. The maximum absolute atomic E-state index is 10.0. The van der Waals surface area contributed by atoms with E-state index in [9.17, 15) is 5.11 Å². The molecule has 3 nitrogen and oxygen atoms in total. The monoisotopic (exact) mass is 344 g/mol. The smallest absolute Gasteiger partial charge is 0.138 e. The average molecular weight is 344 g/mol. The fourth-order valence-corrected chi connectivity index (χ4v) is 3.02. The Morgan fingerprint density at radius 3 is 1.92 bits per heavy atom. The van der Waals surface area contributed by atoms with Gasteiger partial charge in [0.05, 0.1) is 5.69 Å². The Morgan fingerprint density at radius 2 is 1.35 bits per heavy atom. The van der Waals surface area contributed by atoms with Gasteiger partial charge in [0.1, 0.15) is 11.6 Å². The Hall–Kier alpha value is -3.07. The molecule has 0 aliphatic rings. The molecule has 0 aliphatic carbocycles. The van der Waals surface area contributed by atoms with E-state index in [-0.39, 0.29) is 0 Å². The molecule has 0 bridgehead atoms. The molecule has 0 amide bonds. The Kier molecular flexibility index (Phi) is 5.08. The standard InChI is InChI=1S/C23H24N2O/c1-15-9-8-10-16(2)21(15)25-23(19-11-6-5-7-12-19)24-20-13-17(3)22(26)18(4)14-20/h5-14,26H,1-4H3,(H,24,25). The van der Waals surface area contributed by atoms with Crippen LogP contribution in [0.2, 0.25) is 0 Å². The fourth-order valence-electron chi connectivity index (χ4n) is 3.02. The molecule has 3 heteroatoms. The number of phenols is 1. The Balaban J connectivity index is 2.10. The molecule has 0 aliphatic heterocycles. The summed E-state index contributed by atoms with van der Waals surface area (Å²) < 4.78 is 0. The first-order valence-corrected chi connectivity index (χ1v) is 8.73. The first kappa shape index (κ1) is 17.7. The lowest BCUT2D eigenvalue weighted by Crippen LogP contribution is -2.14. The van der Waals surface area contributed by atoms with Crippen LogP contribution >= 0.6 is 0 Å². The highest BCUT2D eigenvalue weighted by atomic mass is 16.3. The van der Waals surface area contributed by atoms with Gasteiger partial charge in [0.25, 0.3) is 0 Å². The highest BCUT2D eigenvalue weighted by Gasteiger charge is 2.10. The third-order valence-corrected chi connectivity index (χ3v) is 4.46. The zero-order valence-corrected chi connectivity index (χ0v) is 15.7. The van der Waals surface area contributed by atoms with E-state index in [4.69, 9.17) is 4.99 Å². The normalized spacial score (nSPS) is 11.5. The molecular formula is C23H24N2O. The molecule has 3 aromatic carbocycles. The van der Waals surface area contributed by atoms with Crippen molar-refractivity contribution >= 4 is 17.2 Å². The summed E-state index contributed by atoms with van der Waals surface area (Å²) in [5.74, 6) is 1.12. The van der Waals surface area contributed by atoms with Crippen molar-refractivity contribution in [2.45, 2.75) is 27.7 Å². The number of nitrogens with zero attached hydrogens (tertiary/aromatic N) is 1. The van der Waals surface area contributed by atoms with Crippen molar-refractivity contribution in [3.05, 3.63) is 88.5 Å². The largest absolute Gasteiger partial charge is 0.507 e. The number of aryl methyl sites for hydroxylation is 4. The quantitative estimate of drug-likeness (QED) is 0.357. The minimum absolute atomic E-state index is 0.337. The van der Waals surface area contributed by atoms with Gasteiger partial charge in [-0.05, 0) is 62.1 Å². The molecule has 3 aromatic rings. The van der Waals surface area contributed by atoms with Crippen LogP contribution in [0.1, 0.15) is 27.8 Å². The molecule has 26 heavy (non-hydrogen) atoms. The summed E-state index contributed by atoms with van der Waals surface area (Å²) in [7, 11) is 0. The molecule has 2 N–H and O–H groups in total. The number of aliphatic imine (C=N–C) groups is 1. The molecule has 0 spiro atoms. The van der Waals surface area contributed by atoms with Crippen LogP contribution in [0.3, 0.4) is 0 Å². The SMILES string of the molecule is Cc1cc(NC(=Nc2c(C)cccc2C)c2ccccc2)cc(C)c1O. The van der Waals surface area contributed by atoms with E-state index in [0.29, 0.717) is 5.75 Å². The van der Waals surface area contributed by atoms with Crippen LogP contribution < -0.4 is 5.32 Å². The Morgan fingerprint density at radius 1 is 0.769 bits per heavy atom. The lowest BCUT2D eigenvalue weighted by molar-refractivity contribution is 0.467. The van der Waals surface area contributed by atoms with Crippen molar-refractivity contribution in [1.29, 1.82) is 0 Å². The van der Waals surface area contributed by atoms with E-state index in [2.05, 4.69) is 31.3 Å². The van der Waals surface area contributed by atoms with Crippen molar-refractivity contribution in [1.82, 2.24) is 0 Å². The Bertz CT molecular complexity index is 916. The van der Waals surface area contributed by atoms with Crippen molar-refractivity contribution in [2.75, 3.05) is 5.32 Å². The van der Waals surface area contributed by atoms with E-state index in [1.54, 1.807) is 0 Å². The van der Waals surface area contributed by atoms with E-state index in [0.717, 1.165) is 45.0 Å². The van der Waals surface area contributed by atoms with E-state index in [1.807, 2.05) is 62.4 Å². The maximum atomic E-state index is 10.0. The summed E-state index contributed by atoms with van der Waals surface area (Å²) in [5, 5.41) is 13.5. The van der Waals surface area contributed by atoms with Crippen LogP contribution in [0.15, 0.2) is 65.7 Å². The van der Waals surface area contributed by atoms with Gasteiger partial charge >= 0.3 is 0 Å². The predicted molar refractivity (Wildman–Crippen MR) is 110 cm³/mol. The van der Waals surface area contributed by atoms with Gasteiger partial charge in [0, 0.05) is 11.3 Å². The minimum Gasteiger partial charge on any atom is -0.507 e. The van der Waals surface area contributed by atoms with Crippen molar-refractivity contribution in [2.24, 2.45) is 4.99 Å². The molecule has 132 valence electrons. The maximum Gasteiger partial charge on any atom is 0.138 e. The second-order valence-corrected chi connectivity index (χ2v) is 6.65.